The van der Waals surface area contributed by atoms with E-state index < -0.39 is 0 Å². The molecule has 3 nitrogen and oxygen atoms in total. The van der Waals surface area contributed by atoms with Gasteiger partial charge in [-0.2, -0.15) is 0 Å². The maximum atomic E-state index is 5.24. The van der Waals surface area contributed by atoms with E-state index in [9.17, 15) is 0 Å². The van der Waals surface area contributed by atoms with Crippen LogP contribution in [0.15, 0.2) is 34.9 Å². The summed E-state index contributed by atoms with van der Waals surface area (Å²) in [4.78, 5) is 2.59. The fraction of sp³-hybridized carbons (Fsp3) is 0.421. The molecular weight excluding hydrogens is 308 g/mol. The van der Waals surface area contributed by atoms with E-state index in [0.717, 1.165) is 24.4 Å². The molecule has 0 aliphatic carbocycles. The summed E-state index contributed by atoms with van der Waals surface area (Å²) in [5.74, 6) is 0.809. The topological polar surface area (TPSA) is 29.3 Å². The lowest BCUT2D eigenvalue weighted by molar-refractivity contribution is 0.231. The zero-order chi connectivity index (χ0) is 15.2. The van der Waals surface area contributed by atoms with E-state index in [0.29, 0.717) is 0 Å². The van der Waals surface area contributed by atoms with E-state index in [4.69, 9.17) is 4.52 Å². The van der Waals surface area contributed by atoms with E-state index in [2.05, 4.69) is 40.4 Å². The van der Waals surface area contributed by atoms with Gasteiger partial charge in [-0.15, -0.1) is 12.4 Å². The van der Waals surface area contributed by atoms with Crippen LogP contribution in [0.2, 0.25) is 0 Å². The summed E-state index contributed by atoms with van der Waals surface area (Å²) in [5, 5.41) is 3.92. The van der Waals surface area contributed by atoms with Crippen molar-refractivity contribution in [3.8, 4) is 0 Å². The Morgan fingerprint density at radius 2 is 1.91 bits per heavy atom. The number of benzene rings is 1. The van der Waals surface area contributed by atoms with Crippen LogP contribution < -0.4 is 0 Å². The highest BCUT2D eigenvalue weighted by atomic mass is 35.5. The molecule has 3 rings (SSSR count). The van der Waals surface area contributed by atoms with Crippen LogP contribution in [-0.2, 0) is 6.42 Å². The minimum absolute atomic E-state index is 0. The molecular formula is C19H25ClN2O. The number of rotatable bonds is 5. The highest BCUT2D eigenvalue weighted by Gasteiger charge is 2.10. The van der Waals surface area contributed by atoms with Crippen molar-refractivity contribution >= 4 is 24.6 Å². The molecule has 1 aliphatic heterocycles. The number of hydrogen-bond acceptors (Lipinski definition) is 3. The van der Waals surface area contributed by atoms with Crippen molar-refractivity contribution in [3.63, 3.8) is 0 Å². The maximum absolute atomic E-state index is 5.24. The molecule has 4 heteroatoms. The van der Waals surface area contributed by atoms with Crippen molar-refractivity contribution in [1.82, 2.24) is 10.1 Å². The molecule has 0 bridgehead atoms. The van der Waals surface area contributed by atoms with Gasteiger partial charge in [-0.05, 0) is 56.5 Å². The van der Waals surface area contributed by atoms with Crippen molar-refractivity contribution in [3.05, 3.63) is 52.9 Å². The van der Waals surface area contributed by atoms with Gasteiger partial charge in [0, 0.05) is 12.6 Å². The van der Waals surface area contributed by atoms with Gasteiger partial charge in [0.25, 0.3) is 0 Å². The SMILES string of the molecule is Cc1cc(/C=C/c2ccccc2CCN2CCCCC2)on1.Cl. The van der Waals surface area contributed by atoms with Crippen LogP contribution in [-0.4, -0.2) is 29.7 Å². The number of nitrogens with zero attached hydrogens (tertiary/aromatic N) is 2. The first-order valence-electron chi connectivity index (χ1n) is 8.23. The van der Waals surface area contributed by atoms with Crippen LogP contribution in [0.1, 0.15) is 41.8 Å². The number of aryl methyl sites for hydroxylation is 1. The predicted octanol–water partition coefficient (Wildman–Crippen LogP) is 4.60. The summed E-state index contributed by atoms with van der Waals surface area (Å²) >= 11 is 0. The quantitative estimate of drug-likeness (QED) is 0.801. The molecule has 2 heterocycles. The summed E-state index contributed by atoms with van der Waals surface area (Å²) in [7, 11) is 0. The van der Waals surface area contributed by atoms with Gasteiger partial charge in [-0.1, -0.05) is 41.9 Å². The number of hydrogen-bond donors (Lipinski definition) is 0. The lowest BCUT2D eigenvalue weighted by atomic mass is 10.0. The van der Waals surface area contributed by atoms with Crippen molar-refractivity contribution < 1.29 is 4.52 Å². The molecule has 2 aromatic rings. The standard InChI is InChI=1S/C19H24N2O.ClH/c1-16-15-19(22-20-16)10-9-17-7-3-4-8-18(17)11-14-21-12-5-2-6-13-21;/h3-4,7-10,15H,2,5-6,11-14H2,1H3;1H/b10-9+;. The monoisotopic (exact) mass is 332 g/mol. The average Bonchev–Trinajstić information content (AvgIpc) is 2.98. The number of aromatic nitrogens is 1. The van der Waals surface area contributed by atoms with Gasteiger partial charge in [-0.3, -0.25) is 0 Å². The highest BCUT2D eigenvalue weighted by molar-refractivity contribution is 5.85. The first kappa shape index (κ1) is 17.8. The number of halogens is 1. The fourth-order valence-corrected chi connectivity index (χ4v) is 3.02. The Bertz CT molecular complexity index is 630. The zero-order valence-electron chi connectivity index (χ0n) is 13.7. The molecule has 0 spiro atoms. The van der Waals surface area contributed by atoms with Gasteiger partial charge in [0.15, 0.2) is 5.76 Å². The Labute approximate surface area is 144 Å². The average molecular weight is 333 g/mol. The van der Waals surface area contributed by atoms with Gasteiger partial charge < -0.3 is 9.42 Å². The number of likely N-dealkylation sites (tertiary alicyclic amines) is 1. The van der Waals surface area contributed by atoms with Gasteiger partial charge in [-0.25, -0.2) is 0 Å². The molecule has 1 aromatic heterocycles. The van der Waals surface area contributed by atoms with Crippen LogP contribution in [0.3, 0.4) is 0 Å². The Morgan fingerprint density at radius 3 is 2.65 bits per heavy atom. The smallest absolute Gasteiger partial charge is 0.159 e. The molecule has 1 aromatic carbocycles. The largest absolute Gasteiger partial charge is 0.357 e. The lowest BCUT2D eigenvalue weighted by Crippen LogP contribution is -2.31. The molecule has 1 fully saturated rings. The predicted molar refractivity (Wildman–Crippen MR) is 97.9 cm³/mol. The molecule has 0 radical (unpaired) electrons. The lowest BCUT2D eigenvalue weighted by Gasteiger charge is -2.26. The van der Waals surface area contributed by atoms with Crippen LogP contribution >= 0.6 is 12.4 Å². The summed E-state index contributed by atoms with van der Waals surface area (Å²) < 4.78 is 5.24. The van der Waals surface area contributed by atoms with Gasteiger partial charge in [0.05, 0.1) is 5.69 Å². The van der Waals surface area contributed by atoms with Crippen LogP contribution in [0, 0.1) is 6.92 Å². The normalized spacial score (nSPS) is 15.7. The molecule has 1 aliphatic rings. The maximum Gasteiger partial charge on any atom is 0.159 e. The molecule has 23 heavy (non-hydrogen) atoms. The van der Waals surface area contributed by atoms with Crippen molar-refractivity contribution in [1.29, 1.82) is 0 Å². The minimum Gasteiger partial charge on any atom is -0.357 e. The van der Waals surface area contributed by atoms with E-state index in [1.165, 1.54) is 43.5 Å². The Morgan fingerprint density at radius 1 is 1.13 bits per heavy atom. The van der Waals surface area contributed by atoms with Crippen LogP contribution in [0.5, 0.6) is 0 Å². The second-order valence-corrected chi connectivity index (χ2v) is 6.06. The summed E-state index contributed by atoms with van der Waals surface area (Å²) in [6.45, 7) is 5.62. The molecule has 0 N–H and O–H groups in total. The summed E-state index contributed by atoms with van der Waals surface area (Å²) in [5.41, 5.74) is 3.59. The second-order valence-electron chi connectivity index (χ2n) is 6.06. The van der Waals surface area contributed by atoms with E-state index in [1.54, 1.807) is 0 Å². The minimum atomic E-state index is 0. The molecule has 0 saturated carbocycles. The van der Waals surface area contributed by atoms with Crippen molar-refractivity contribution in [2.75, 3.05) is 19.6 Å². The fourth-order valence-electron chi connectivity index (χ4n) is 3.02. The summed E-state index contributed by atoms with van der Waals surface area (Å²) in [6.07, 6.45) is 9.34. The molecule has 124 valence electrons. The number of piperidine rings is 1. The molecule has 0 unspecified atom stereocenters. The van der Waals surface area contributed by atoms with Gasteiger partial charge >= 0.3 is 0 Å². The summed E-state index contributed by atoms with van der Waals surface area (Å²) in [6, 6.07) is 10.6. The van der Waals surface area contributed by atoms with Gasteiger partial charge in [0.1, 0.15) is 0 Å². The van der Waals surface area contributed by atoms with E-state index in [1.807, 2.05) is 19.1 Å². The second kappa shape index (κ2) is 8.90. The Balaban J connectivity index is 0.00000192. The van der Waals surface area contributed by atoms with Gasteiger partial charge in [0.2, 0.25) is 0 Å². The van der Waals surface area contributed by atoms with Crippen LogP contribution in [0.25, 0.3) is 12.2 Å². The van der Waals surface area contributed by atoms with E-state index in [-0.39, 0.29) is 12.4 Å². The third-order valence-corrected chi connectivity index (χ3v) is 4.27. The van der Waals surface area contributed by atoms with Crippen molar-refractivity contribution in [2.24, 2.45) is 0 Å². The Kier molecular flexibility index (Phi) is 6.87. The first-order chi connectivity index (χ1) is 10.8. The molecule has 1 saturated heterocycles. The van der Waals surface area contributed by atoms with Crippen LogP contribution in [0.4, 0.5) is 0 Å². The third-order valence-electron chi connectivity index (χ3n) is 4.27. The first-order valence-corrected chi connectivity index (χ1v) is 8.23. The highest BCUT2D eigenvalue weighted by Crippen LogP contribution is 2.16. The van der Waals surface area contributed by atoms with E-state index >= 15 is 0 Å². The molecule has 0 atom stereocenters. The Hall–Kier alpha value is -1.58. The zero-order valence-corrected chi connectivity index (χ0v) is 14.5. The third kappa shape index (κ3) is 5.22. The van der Waals surface area contributed by atoms with Crippen molar-refractivity contribution in [2.45, 2.75) is 32.6 Å². The molecule has 0 amide bonds.